The van der Waals surface area contributed by atoms with E-state index in [-0.39, 0.29) is 71.8 Å². The van der Waals surface area contributed by atoms with Gasteiger partial charge < -0.3 is 14.6 Å². The average molecular weight is 452 g/mol. The maximum atomic E-state index is 10.5. The molecule has 0 saturated heterocycles. The molecule has 6 unspecified atom stereocenters. The number of allylic oxidation sites excluding steroid dienone is 1. The van der Waals surface area contributed by atoms with E-state index in [2.05, 4.69) is 19.9 Å². The molecular weight excluding hydrogens is 413 g/mol. The molecule has 0 aromatic rings. The van der Waals surface area contributed by atoms with Crippen molar-refractivity contribution >= 4 is 6.29 Å². The summed E-state index contributed by atoms with van der Waals surface area (Å²) in [4.78, 5) is 10.5. The van der Waals surface area contributed by atoms with E-state index in [9.17, 15) is 9.90 Å². The second-order valence-corrected chi connectivity index (χ2v) is 9.19. The van der Waals surface area contributed by atoms with E-state index in [1.54, 1.807) is 5.57 Å². The van der Waals surface area contributed by atoms with Gasteiger partial charge in [0.25, 0.3) is 0 Å². The van der Waals surface area contributed by atoms with Crippen LogP contribution < -0.4 is 0 Å². The molecule has 0 bridgehead atoms. The van der Waals surface area contributed by atoms with E-state index in [4.69, 9.17) is 4.74 Å². The van der Waals surface area contributed by atoms with Crippen molar-refractivity contribution in [2.24, 2.45) is 28.6 Å². The molecule has 153 valence electrons. The minimum Gasteiger partial charge on any atom is -0.540 e. The Bertz CT molecular complexity index is 548. The molecule has 3 saturated carbocycles. The molecule has 0 spiro atoms. The summed E-state index contributed by atoms with van der Waals surface area (Å²) in [5, 5.41) is 10.5. The van der Waals surface area contributed by atoms with Crippen molar-refractivity contribution in [3.63, 3.8) is 0 Å². The van der Waals surface area contributed by atoms with Crippen molar-refractivity contribution < 1.29 is 47.3 Å². The van der Waals surface area contributed by atoms with Crippen molar-refractivity contribution in [1.82, 2.24) is 0 Å². The number of hydrogen-bond donors (Lipinski definition) is 1. The Morgan fingerprint density at radius 2 is 1.85 bits per heavy atom. The van der Waals surface area contributed by atoms with Crippen molar-refractivity contribution in [2.45, 2.75) is 92.3 Å². The zero-order valence-electron chi connectivity index (χ0n) is 15.7. The molecule has 3 nitrogen and oxygen atoms in total. The fraction of sp³-hybridized carbons (Fsp3) is 0.870. The van der Waals surface area contributed by atoms with Crippen LogP contribution in [0.3, 0.4) is 0 Å². The Balaban J connectivity index is 0.00000121. The molecule has 1 radical (unpaired) electrons. The van der Waals surface area contributed by atoms with Crippen LogP contribution in [0.4, 0.5) is 0 Å². The van der Waals surface area contributed by atoms with Crippen molar-refractivity contribution in [1.29, 1.82) is 0 Å². The summed E-state index contributed by atoms with van der Waals surface area (Å²) < 4.78 is 5.63. The first-order valence-corrected chi connectivity index (χ1v) is 9.85. The van der Waals surface area contributed by atoms with E-state index < -0.39 is 0 Å². The number of hydrogen-bond acceptors (Lipinski definition) is 3. The van der Waals surface area contributed by atoms with Gasteiger partial charge in [0.15, 0.2) is 0 Å². The number of aliphatic hydroxyl groups is 1. The summed E-state index contributed by atoms with van der Waals surface area (Å²) >= 11 is 0. The number of fused-ring (bicyclic) bond motifs is 5. The number of carbonyl (C=O) groups excluding carboxylic acids is 1. The van der Waals surface area contributed by atoms with Crippen molar-refractivity contribution in [3.8, 4) is 0 Å². The minimum atomic E-state index is -0.0862. The molecule has 0 aliphatic heterocycles. The normalized spacial score (nSPS) is 44.9. The quantitative estimate of drug-likeness (QED) is 0.480. The zero-order valence-corrected chi connectivity index (χ0v) is 18.5. The van der Waals surface area contributed by atoms with Gasteiger partial charge in [-0.05, 0) is 86.6 Å². The molecule has 3 fully saturated rings. The number of aliphatic hydroxyl groups excluding tert-OH is 1. The molecule has 4 aliphatic rings. The van der Waals surface area contributed by atoms with Crippen LogP contribution in [-0.4, -0.2) is 30.2 Å². The van der Waals surface area contributed by atoms with Crippen LogP contribution in [0.5, 0.6) is 0 Å². The molecule has 4 rings (SSSR count). The fourth-order valence-corrected chi connectivity index (χ4v) is 6.94. The second-order valence-electron chi connectivity index (χ2n) is 9.19. The first kappa shape index (κ1) is 25.5. The monoisotopic (exact) mass is 452 g/mol. The average Bonchev–Trinajstić information content (AvgIpc) is 2.88. The van der Waals surface area contributed by atoms with Gasteiger partial charge in [0, 0.05) is 32.7 Å². The Hall–Kier alpha value is 0.434. The van der Waals surface area contributed by atoms with Gasteiger partial charge in [-0.15, -0.1) is 0 Å². The summed E-state index contributed by atoms with van der Waals surface area (Å²) in [5.74, 6) is 2.26. The van der Waals surface area contributed by atoms with E-state index in [0.29, 0.717) is 11.3 Å². The van der Waals surface area contributed by atoms with E-state index in [1.165, 1.54) is 38.5 Å². The van der Waals surface area contributed by atoms with Crippen LogP contribution in [-0.2, 0) is 42.2 Å². The van der Waals surface area contributed by atoms with Crippen LogP contribution >= 0.6 is 0 Å². The molecule has 0 aromatic heterocycles. The van der Waals surface area contributed by atoms with Gasteiger partial charge in [0.2, 0.25) is 0 Å². The fourth-order valence-electron chi connectivity index (χ4n) is 6.94. The largest absolute Gasteiger partial charge is 0.540 e. The first-order valence-electron chi connectivity index (χ1n) is 9.85. The summed E-state index contributed by atoms with van der Waals surface area (Å²) in [6, 6.07) is 0. The first-order chi connectivity index (χ1) is 11.5. The molecule has 27 heavy (non-hydrogen) atoms. The predicted molar refractivity (Wildman–Crippen MR) is 107 cm³/mol. The molecule has 7 atom stereocenters. The van der Waals surface area contributed by atoms with Crippen LogP contribution in [0.2, 0.25) is 0 Å². The molecule has 4 aliphatic carbocycles. The summed E-state index contributed by atoms with van der Waals surface area (Å²) in [5.41, 5.74) is 2.05. The summed E-state index contributed by atoms with van der Waals surface area (Å²) in [6.07, 6.45) is 13.5. The number of ether oxygens (including phenoxy) is 1. The van der Waals surface area contributed by atoms with Gasteiger partial charge in [0.1, 0.15) is 0 Å². The van der Waals surface area contributed by atoms with Crippen molar-refractivity contribution in [2.75, 3.05) is 6.61 Å². The topological polar surface area (TPSA) is 46.5 Å². The van der Waals surface area contributed by atoms with E-state index in [1.807, 2.05) is 6.29 Å². The van der Waals surface area contributed by atoms with Crippen LogP contribution in [0, 0.1) is 28.6 Å². The Morgan fingerprint density at radius 1 is 1.11 bits per heavy atom. The summed E-state index contributed by atoms with van der Waals surface area (Å²) in [6.45, 7) is 4.92. The Kier molecular flexibility index (Phi) is 8.96. The third kappa shape index (κ3) is 4.05. The van der Waals surface area contributed by atoms with E-state index >= 15 is 0 Å². The third-order valence-electron chi connectivity index (χ3n) is 8.38. The zero-order chi connectivity index (χ0) is 16.9. The Morgan fingerprint density at radius 3 is 2.56 bits per heavy atom. The van der Waals surface area contributed by atoms with Crippen LogP contribution in [0.25, 0.3) is 0 Å². The van der Waals surface area contributed by atoms with Gasteiger partial charge in [-0.25, -0.2) is 6.29 Å². The smallest absolute Gasteiger partial charge is 0.0726 e. The standard InChI is InChI=1S/C21H31O3.2CH4.Y/c1-20-9-7-15(24-12-11-22)13-14(20)3-4-16-17-5-6-19(23)21(17,2)10-8-18(16)20;;;/h13,15-19,23H,3-10,12H2,1-2H3;2*1H4;/q-1;;;/t15-,16?,17?,18?,19?,20?,21?;;;/m1.../s1. The second kappa shape index (κ2) is 9.50. The maximum absolute atomic E-state index is 10.5. The minimum absolute atomic E-state index is 0. The summed E-state index contributed by atoms with van der Waals surface area (Å²) in [7, 11) is 0. The van der Waals surface area contributed by atoms with Crippen LogP contribution in [0.15, 0.2) is 11.6 Å². The van der Waals surface area contributed by atoms with E-state index in [0.717, 1.165) is 24.7 Å². The van der Waals surface area contributed by atoms with Crippen molar-refractivity contribution in [3.05, 3.63) is 11.6 Å². The SMILES string of the molecule is C.C.CC12CC[C@@H](OC[C-]=O)C=C1CCC1C2CCC2(C)C(O)CCC12.[Y]. The predicted octanol–water partition coefficient (Wildman–Crippen LogP) is 5.07. The molecule has 4 heteroatoms. The molecule has 1 N–H and O–H groups in total. The van der Waals surface area contributed by atoms with Gasteiger partial charge in [0.05, 0.1) is 12.2 Å². The molecule has 0 heterocycles. The molecular formula is C23H39O3Y-. The third-order valence-corrected chi connectivity index (χ3v) is 8.38. The van der Waals surface area contributed by atoms with Gasteiger partial charge in [-0.2, -0.15) is 0 Å². The van der Waals surface area contributed by atoms with Gasteiger partial charge in [-0.1, -0.05) is 40.3 Å². The maximum Gasteiger partial charge on any atom is 0.0726 e. The van der Waals surface area contributed by atoms with Crippen LogP contribution in [0.1, 0.15) is 80.1 Å². The molecule has 0 aromatic carbocycles. The molecule has 0 amide bonds. The Labute approximate surface area is 192 Å². The van der Waals surface area contributed by atoms with Gasteiger partial charge in [-0.3, -0.25) is 0 Å². The van der Waals surface area contributed by atoms with Gasteiger partial charge >= 0.3 is 0 Å². The number of rotatable bonds is 3.